The lowest BCUT2D eigenvalue weighted by Crippen LogP contribution is -3.11. The highest BCUT2D eigenvalue weighted by molar-refractivity contribution is 7.71. The summed E-state index contributed by atoms with van der Waals surface area (Å²) in [5.41, 5.74) is 7.67. The zero-order chi connectivity index (χ0) is 21.5. The lowest BCUT2D eigenvalue weighted by atomic mass is 9.82. The molecule has 6 heteroatoms. The highest BCUT2D eigenvalue weighted by Gasteiger charge is 2.51. The van der Waals surface area contributed by atoms with Crippen molar-refractivity contribution in [3.63, 3.8) is 0 Å². The van der Waals surface area contributed by atoms with E-state index >= 15 is 0 Å². The molecular formula is C25H32N4OP+. The van der Waals surface area contributed by atoms with Crippen LogP contribution in [0.15, 0.2) is 83.4 Å². The van der Waals surface area contributed by atoms with E-state index in [1.54, 1.807) is 0 Å². The largest absolute Gasteiger partial charge is 0.315 e. The molecule has 2 fully saturated rings. The fourth-order valence-electron chi connectivity index (χ4n) is 5.09. The number of benzene rings is 2. The number of allylic oxidation sites excluding steroid dienone is 3. The Morgan fingerprint density at radius 1 is 0.968 bits per heavy atom. The van der Waals surface area contributed by atoms with Gasteiger partial charge in [-0.05, 0) is 48.9 Å². The summed E-state index contributed by atoms with van der Waals surface area (Å²) in [5, 5.41) is 4.45. The molecule has 0 amide bonds. The Bertz CT molecular complexity index is 1060. The number of likely N-dealkylation sites (tertiary alicyclic amines) is 1. The third kappa shape index (κ3) is 3.81. The molecule has 0 spiro atoms. The highest BCUT2D eigenvalue weighted by atomic mass is 31.2. The fourth-order valence-corrected chi connectivity index (χ4v) is 7.75. The van der Waals surface area contributed by atoms with E-state index in [4.69, 9.17) is 0 Å². The first kappa shape index (κ1) is 20.4. The Kier molecular flexibility index (Phi) is 5.19. The van der Waals surface area contributed by atoms with Crippen LogP contribution in [-0.4, -0.2) is 13.1 Å². The molecule has 0 unspecified atom stereocenters. The SMILES string of the molecule is CC1(C)C=C2NN(c3ccccc3)[P@](=O)(Nc3ccccc3)C2=C([NH+]2CCCCC2)C1. The number of hydrogen-bond donors (Lipinski definition) is 3. The van der Waals surface area contributed by atoms with Crippen molar-refractivity contribution in [3.8, 4) is 0 Å². The fraction of sp³-hybridized carbons (Fsp3) is 0.360. The van der Waals surface area contributed by atoms with Crippen LogP contribution in [0.5, 0.6) is 0 Å². The molecule has 31 heavy (non-hydrogen) atoms. The summed E-state index contributed by atoms with van der Waals surface area (Å²) >= 11 is 0. The van der Waals surface area contributed by atoms with Crippen LogP contribution in [0.4, 0.5) is 11.4 Å². The average molecular weight is 436 g/mol. The number of hydrogen-bond acceptors (Lipinski definition) is 2. The summed E-state index contributed by atoms with van der Waals surface area (Å²) in [6, 6.07) is 20.0. The minimum Gasteiger partial charge on any atom is -0.315 e. The van der Waals surface area contributed by atoms with Crippen LogP contribution in [-0.2, 0) is 4.57 Å². The molecule has 5 nitrogen and oxygen atoms in total. The number of quaternary nitrogens is 1. The number of para-hydroxylation sites is 2. The normalized spacial score (nSPS) is 25.6. The predicted octanol–water partition coefficient (Wildman–Crippen LogP) is 4.91. The van der Waals surface area contributed by atoms with Gasteiger partial charge in [-0.2, -0.15) is 0 Å². The zero-order valence-corrected chi connectivity index (χ0v) is 19.3. The molecule has 1 atom stereocenters. The average Bonchev–Trinajstić information content (AvgIpc) is 3.06. The summed E-state index contributed by atoms with van der Waals surface area (Å²) in [7, 11) is -3.17. The van der Waals surface area contributed by atoms with Crippen molar-refractivity contribution in [1.82, 2.24) is 5.43 Å². The van der Waals surface area contributed by atoms with Crippen LogP contribution in [0.25, 0.3) is 0 Å². The van der Waals surface area contributed by atoms with Gasteiger partial charge in [0.25, 0.3) is 0 Å². The molecule has 5 rings (SSSR count). The third-order valence-electron chi connectivity index (χ3n) is 6.46. The van der Waals surface area contributed by atoms with E-state index in [1.807, 2.05) is 65.4 Å². The minimum absolute atomic E-state index is 0.0237. The van der Waals surface area contributed by atoms with Gasteiger partial charge in [0, 0.05) is 12.1 Å². The molecule has 2 aromatic rings. The summed E-state index contributed by atoms with van der Waals surface area (Å²) in [4.78, 5) is 1.51. The smallest absolute Gasteiger partial charge is 0.315 e. The van der Waals surface area contributed by atoms with Crippen molar-refractivity contribution >= 4 is 18.8 Å². The molecule has 2 heterocycles. The van der Waals surface area contributed by atoms with Crippen molar-refractivity contribution in [2.45, 2.75) is 39.5 Å². The number of nitrogens with zero attached hydrogens (tertiary/aromatic N) is 1. The Labute approximate surface area is 185 Å². The van der Waals surface area contributed by atoms with Gasteiger partial charge in [-0.15, -0.1) is 0 Å². The van der Waals surface area contributed by atoms with Crippen LogP contribution >= 0.6 is 7.44 Å². The molecule has 2 saturated heterocycles. The first-order valence-electron chi connectivity index (χ1n) is 11.3. The molecule has 1 aliphatic carbocycles. The van der Waals surface area contributed by atoms with E-state index in [0.717, 1.165) is 41.9 Å². The second-order valence-corrected chi connectivity index (χ2v) is 11.8. The van der Waals surface area contributed by atoms with Gasteiger partial charge in [0.1, 0.15) is 11.0 Å². The van der Waals surface area contributed by atoms with E-state index in [0.29, 0.717) is 0 Å². The maximum atomic E-state index is 15.0. The van der Waals surface area contributed by atoms with Gasteiger partial charge >= 0.3 is 7.44 Å². The maximum absolute atomic E-state index is 15.0. The Hall–Kier alpha value is -2.49. The zero-order valence-electron chi connectivity index (χ0n) is 18.4. The number of piperidine rings is 1. The number of anilines is 2. The van der Waals surface area contributed by atoms with E-state index in [9.17, 15) is 4.57 Å². The monoisotopic (exact) mass is 435 g/mol. The Morgan fingerprint density at radius 3 is 2.29 bits per heavy atom. The van der Waals surface area contributed by atoms with Gasteiger partial charge in [0.05, 0.1) is 24.5 Å². The molecule has 3 N–H and O–H groups in total. The van der Waals surface area contributed by atoms with E-state index in [2.05, 4.69) is 30.4 Å². The Balaban J connectivity index is 1.68. The first-order valence-corrected chi connectivity index (χ1v) is 13.0. The van der Waals surface area contributed by atoms with Crippen LogP contribution in [0, 0.1) is 5.41 Å². The van der Waals surface area contributed by atoms with Crippen molar-refractivity contribution < 1.29 is 9.46 Å². The molecule has 0 saturated carbocycles. The standard InChI is InChI=1S/C25H31N4OP/c1-25(2)18-22-24(23(19-25)28-16-10-5-11-17-28)31(30,27-20-12-6-3-7-13-20)29(26-22)21-14-8-4-9-15-21/h3-4,6-9,12-15,18,26H,5,10-11,16-17,19H2,1-2H3,(H,27,30)/p+1/t31-/m1/s1. The van der Waals surface area contributed by atoms with E-state index in [1.165, 1.54) is 29.9 Å². The topological polar surface area (TPSA) is 48.8 Å². The first-order chi connectivity index (χ1) is 15.0. The van der Waals surface area contributed by atoms with Gasteiger partial charge in [0.15, 0.2) is 0 Å². The third-order valence-corrected chi connectivity index (χ3v) is 9.03. The van der Waals surface area contributed by atoms with Crippen LogP contribution < -0.4 is 20.2 Å². The molecule has 162 valence electrons. The molecule has 0 radical (unpaired) electrons. The lowest BCUT2D eigenvalue weighted by Gasteiger charge is -2.34. The summed E-state index contributed by atoms with van der Waals surface area (Å²) in [6.07, 6.45) is 6.98. The summed E-state index contributed by atoms with van der Waals surface area (Å²) in [6.45, 7) is 6.81. The number of rotatable bonds is 4. The molecule has 2 aliphatic heterocycles. The lowest BCUT2D eigenvalue weighted by molar-refractivity contribution is -0.868. The molecular weight excluding hydrogens is 403 g/mol. The molecule has 0 bridgehead atoms. The van der Waals surface area contributed by atoms with Crippen molar-refractivity contribution in [1.29, 1.82) is 0 Å². The maximum Gasteiger partial charge on any atom is 0.315 e. The highest BCUT2D eigenvalue weighted by Crippen LogP contribution is 2.65. The van der Waals surface area contributed by atoms with Gasteiger partial charge in [0.2, 0.25) is 0 Å². The quantitative estimate of drug-likeness (QED) is 0.598. The van der Waals surface area contributed by atoms with Crippen LogP contribution in [0.1, 0.15) is 39.5 Å². The van der Waals surface area contributed by atoms with E-state index < -0.39 is 7.44 Å². The second-order valence-electron chi connectivity index (χ2n) is 9.53. The number of fused-ring (bicyclic) bond motifs is 1. The predicted molar refractivity (Wildman–Crippen MR) is 128 cm³/mol. The van der Waals surface area contributed by atoms with Gasteiger partial charge in [-0.1, -0.05) is 56.3 Å². The Morgan fingerprint density at radius 2 is 1.61 bits per heavy atom. The molecule has 3 aliphatic rings. The molecule has 2 aromatic carbocycles. The number of hydrazine groups is 1. The van der Waals surface area contributed by atoms with E-state index in [-0.39, 0.29) is 5.41 Å². The summed E-state index contributed by atoms with van der Waals surface area (Å²) < 4.78 is 16.9. The van der Waals surface area contributed by atoms with Crippen LogP contribution in [0.2, 0.25) is 0 Å². The second kappa shape index (κ2) is 7.89. The van der Waals surface area contributed by atoms with Gasteiger partial charge in [-0.25, -0.2) is 4.78 Å². The number of nitrogens with one attached hydrogen (secondary N) is 3. The van der Waals surface area contributed by atoms with Crippen molar-refractivity contribution in [2.75, 3.05) is 23.0 Å². The van der Waals surface area contributed by atoms with Crippen molar-refractivity contribution in [3.05, 3.63) is 83.4 Å². The van der Waals surface area contributed by atoms with Crippen molar-refractivity contribution in [2.24, 2.45) is 5.41 Å². The summed E-state index contributed by atoms with van der Waals surface area (Å²) in [5.74, 6) is 0. The molecule has 0 aromatic heterocycles. The van der Waals surface area contributed by atoms with Gasteiger partial charge < -0.3 is 9.99 Å². The van der Waals surface area contributed by atoms with Crippen LogP contribution in [0.3, 0.4) is 0 Å². The van der Waals surface area contributed by atoms with Gasteiger partial charge in [-0.3, -0.25) is 9.99 Å². The minimum atomic E-state index is -3.17.